The number of carbonyl (C=O) groups is 1. The van der Waals surface area contributed by atoms with Gasteiger partial charge in [-0.3, -0.25) is 4.79 Å². The number of ketones is 1. The van der Waals surface area contributed by atoms with Crippen LogP contribution < -0.4 is 0 Å². The van der Waals surface area contributed by atoms with Gasteiger partial charge in [0.2, 0.25) is 0 Å². The van der Waals surface area contributed by atoms with Gasteiger partial charge in [-0.2, -0.15) is 0 Å². The van der Waals surface area contributed by atoms with Crippen molar-refractivity contribution in [3.05, 3.63) is 0 Å². The lowest BCUT2D eigenvalue weighted by atomic mass is 9.75. The summed E-state index contributed by atoms with van der Waals surface area (Å²) < 4.78 is 0. The highest BCUT2D eigenvalue weighted by Gasteiger charge is 2.32. The minimum Gasteiger partial charge on any atom is -0.306 e. The number of Topliss-reactive ketones (excluding diaryl/α,β-unsaturated/α-hetero) is 1. The van der Waals surface area contributed by atoms with Gasteiger partial charge in [-0.25, -0.2) is 0 Å². The van der Waals surface area contributed by atoms with Crippen LogP contribution in [0.3, 0.4) is 0 Å². The molecule has 2 heteroatoms. The van der Waals surface area contributed by atoms with Crippen LogP contribution in [-0.2, 0) is 4.79 Å². The fraction of sp³-hybridized carbons (Fsp3) is 0.923. The van der Waals surface area contributed by atoms with Crippen LogP contribution in [0, 0.1) is 11.8 Å². The number of piperidine rings is 1. The zero-order chi connectivity index (χ0) is 11.3. The van der Waals surface area contributed by atoms with Crippen LogP contribution in [0.4, 0.5) is 0 Å². The first-order chi connectivity index (χ1) is 7.27. The standard InChI is InChI=1S/C11H19NO.C2H6/c1-12-7-5-10(6-8-12)11(13)9-3-2-4-9;1-2/h9-10H,2-8H2,1H3;1-2H3. The van der Waals surface area contributed by atoms with Gasteiger partial charge in [-0.05, 0) is 45.8 Å². The van der Waals surface area contributed by atoms with E-state index in [4.69, 9.17) is 0 Å². The molecule has 0 radical (unpaired) electrons. The van der Waals surface area contributed by atoms with Gasteiger partial charge >= 0.3 is 0 Å². The second-order valence-corrected chi connectivity index (χ2v) is 4.61. The maximum Gasteiger partial charge on any atom is 0.139 e. The first-order valence-corrected chi connectivity index (χ1v) is 6.49. The molecule has 0 unspecified atom stereocenters. The molecule has 1 saturated heterocycles. The Morgan fingerprint density at radius 3 is 1.87 bits per heavy atom. The van der Waals surface area contributed by atoms with Crippen molar-refractivity contribution < 1.29 is 4.79 Å². The third kappa shape index (κ3) is 3.30. The van der Waals surface area contributed by atoms with Crippen molar-refractivity contribution in [3.63, 3.8) is 0 Å². The van der Waals surface area contributed by atoms with Crippen LogP contribution in [-0.4, -0.2) is 30.8 Å². The normalized spacial score (nSPS) is 23.9. The SMILES string of the molecule is CC.CN1CCC(C(=O)C2CCC2)CC1. The first kappa shape index (κ1) is 12.7. The van der Waals surface area contributed by atoms with Crippen molar-refractivity contribution in [2.45, 2.75) is 46.0 Å². The summed E-state index contributed by atoms with van der Waals surface area (Å²) in [6.45, 7) is 6.23. The molecule has 0 aromatic rings. The molecule has 1 heterocycles. The Morgan fingerprint density at radius 2 is 1.47 bits per heavy atom. The van der Waals surface area contributed by atoms with Crippen molar-refractivity contribution in [1.82, 2.24) is 4.90 Å². The van der Waals surface area contributed by atoms with Crippen molar-refractivity contribution in [1.29, 1.82) is 0 Å². The van der Waals surface area contributed by atoms with Gasteiger partial charge in [0.25, 0.3) is 0 Å². The maximum absolute atomic E-state index is 11.9. The molecule has 0 amide bonds. The Kier molecular flexibility index (Phi) is 5.30. The van der Waals surface area contributed by atoms with E-state index in [1.54, 1.807) is 0 Å². The molecule has 2 aliphatic rings. The summed E-state index contributed by atoms with van der Waals surface area (Å²) in [5.74, 6) is 1.44. The van der Waals surface area contributed by atoms with Crippen molar-refractivity contribution in [2.75, 3.05) is 20.1 Å². The molecule has 0 N–H and O–H groups in total. The van der Waals surface area contributed by atoms with Crippen molar-refractivity contribution in [3.8, 4) is 0 Å². The number of hydrogen-bond donors (Lipinski definition) is 0. The van der Waals surface area contributed by atoms with Gasteiger partial charge in [-0.1, -0.05) is 20.3 Å². The Balaban J connectivity index is 0.000000531. The Labute approximate surface area is 94.0 Å². The summed E-state index contributed by atoms with van der Waals surface area (Å²) in [4.78, 5) is 14.2. The molecule has 88 valence electrons. The van der Waals surface area contributed by atoms with Crippen LogP contribution in [0.1, 0.15) is 46.0 Å². The highest BCUT2D eigenvalue weighted by atomic mass is 16.1. The third-order valence-electron chi connectivity index (χ3n) is 3.63. The molecule has 0 aromatic carbocycles. The summed E-state index contributed by atoms with van der Waals surface area (Å²) in [7, 11) is 2.14. The summed E-state index contributed by atoms with van der Waals surface area (Å²) in [6, 6.07) is 0. The molecule has 1 saturated carbocycles. The molecular weight excluding hydrogens is 186 g/mol. The van der Waals surface area contributed by atoms with Gasteiger partial charge in [0.15, 0.2) is 0 Å². The lowest BCUT2D eigenvalue weighted by Crippen LogP contribution is -2.37. The van der Waals surface area contributed by atoms with Gasteiger partial charge in [0, 0.05) is 11.8 Å². The van der Waals surface area contributed by atoms with E-state index < -0.39 is 0 Å². The number of hydrogen-bond acceptors (Lipinski definition) is 2. The van der Waals surface area contributed by atoms with Gasteiger partial charge < -0.3 is 4.90 Å². The van der Waals surface area contributed by atoms with Crippen LogP contribution in [0.15, 0.2) is 0 Å². The zero-order valence-corrected chi connectivity index (χ0v) is 10.5. The molecule has 2 nitrogen and oxygen atoms in total. The molecule has 2 fully saturated rings. The highest BCUT2D eigenvalue weighted by molar-refractivity contribution is 5.84. The molecule has 0 spiro atoms. The van der Waals surface area contributed by atoms with E-state index in [0.717, 1.165) is 25.9 Å². The molecular formula is C13H25NO. The minimum absolute atomic E-state index is 0.404. The number of carbonyl (C=O) groups excluding carboxylic acids is 1. The molecule has 15 heavy (non-hydrogen) atoms. The average Bonchev–Trinajstić information content (AvgIpc) is 2.19. The molecule has 1 aliphatic carbocycles. The smallest absolute Gasteiger partial charge is 0.139 e. The number of rotatable bonds is 2. The molecule has 0 aromatic heterocycles. The Hall–Kier alpha value is -0.370. The fourth-order valence-corrected chi connectivity index (χ4v) is 2.32. The monoisotopic (exact) mass is 211 g/mol. The maximum atomic E-state index is 11.9. The zero-order valence-electron chi connectivity index (χ0n) is 10.5. The lowest BCUT2D eigenvalue weighted by molar-refractivity contribution is -0.130. The van der Waals surface area contributed by atoms with Crippen LogP contribution >= 0.6 is 0 Å². The van der Waals surface area contributed by atoms with E-state index in [2.05, 4.69) is 11.9 Å². The highest BCUT2D eigenvalue weighted by Crippen LogP contribution is 2.32. The van der Waals surface area contributed by atoms with E-state index in [1.807, 2.05) is 13.8 Å². The van der Waals surface area contributed by atoms with E-state index in [9.17, 15) is 4.79 Å². The Bertz CT molecular complexity index is 191. The quantitative estimate of drug-likeness (QED) is 0.700. The van der Waals surface area contributed by atoms with Crippen LogP contribution in [0.25, 0.3) is 0 Å². The molecule has 0 bridgehead atoms. The van der Waals surface area contributed by atoms with E-state index in [1.165, 1.54) is 19.3 Å². The summed E-state index contributed by atoms with van der Waals surface area (Å²) in [5.41, 5.74) is 0. The topological polar surface area (TPSA) is 20.3 Å². The largest absolute Gasteiger partial charge is 0.306 e. The average molecular weight is 211 g/mol. The van der Waals surface area contributed by atoms with E-state index >= 15 is 0 Å². The third-order valence-corrected chi connectivity index (χ3v) is 3.63. The summed E-state index contributed by atoms with van der Waals surface area (Å²) in [6.07, 6.45) is 5.83. The second-order valence-electron chi connectivity index (χ2n) is 4.61. The van der Waals surface area contributed by atoms with Crippen molar-refractivity contribution in [2.24, 2.45) is 11.8 Å². The summed E-state index contributed by atoms with van der Waals surface area (Å²) >= 11 is 0. The van der Waals surface area contributed by atoms with Gasteiger partial charge in [0.1, 0.15) is 5.78 Å². The fourth-order valence-electron chi connectivity index (χ4n) is 2.32. The van der Waals surface area contributed by atoms with Crippen molar-refractivity contribution >= 4 is 5.78 Å². The van der Waals surface area contributed by atoms with E-state index in [0.29, 0.717) is 17.6 Å². The first-order valence-electron chi connectivity index (χ1n) is 6.49. The van der Waals surface area contributed by atoms with E-state index in [-0.39, 0.29) is 0 Å². The molecule has 1 aliphatic heterocycles. The van der Waals surface area contributed by atoms with Crippen LogP contribution in [0.2, 0.25) is 0 Å². The second kappa shape index (κ2) is 6.26. The number of likely N-dealkylation sites (tertiary alicyclic amines) is 1. The lowest BCUT2D eigenvalue weighted by Gasteiger charge is -2.33. The van der Waals surface area contributed by atoms with Gasteiger partial charge in [-0.15, -0.1) is 0 Å². The summed E-state index contributed by atoms with van der Waals surface area (Å²) in [5, 5.41) is 0. The van der Waals surface area contributed by atoms with Gasteiger partial charge in [0.05, 0.1) is 0 Å². The molecule has 2 rings (SSSR count). The molecule has 0 atom stereocenters. The Morgan fingerprint density at radius 1 is 1.00 bits per heavy atom. The predicted octanol–water partition coefficient (Wildman–Crippen LogP) is 2.72. The number of nitrogens with zero attached hydrogens (tertiary/aromatic N) is 1. The van der Waals surface area contributed by atoms with Crippen LogP contribution in [0.5, 0.6) is 0 Å². The minimum atomic E-state index is 0.404. The predicted molar refractivity (Wildman–Crippen MR) is 63.9 cm³/mol.